The minimum atomic E-state index is 0.343. The van der Waals surface area contributed by atoms with E-state index in [9.17, 15) is 9.90 Å². The van der Waals surface area contributed by atoms with Gasteiger partial charge in [-0.1, -0.05) is 12.1 Å². The van der Waals surface area contributed by atoms with E-state index in [-0.39, 0.29) is 0 Å². The van der Waals surface area contributed by atoms with Gasteiger partial charge in [0.05, 0.1) is 0 Å². The Morgan fingerprint density at radius 2 is 1.78 bits per heavy atom. The van der Waals surface area contributed by atoms with Crippen molar-refractivity contribution in [3.63, 3.8) is 0 Å². The third-order valence-electron chi connectivity index (χ3n) is 4.79. The molecule has 0 amide bonds. The molecule has 1 unspecified atom stereocenters. The smallest absolute Gasteiger partial charge is 0.133 e. The van der Waals surface area contributed by atoms with Crippen molar-refractivity contribution in [2.24, 2.45) is 11.8 Å². The summed E-state index contributed by atoms with van der Waals surface area (Å²) in [5, 5.41) is 9.33. The highest BCUT2D eigenvalue weighted by Crippen LogP contribution is 2.45. The van der Waals surface area contributed by atoms with Crippen molar-refractivity contribution in [2.75, 3.05) is 0 Å². The second-order valence-electron chi connectivity index (χ2n) is 5.90. The first-order valence-corrected chi connectivity index (χ1v) is 7.03. The second-order valence-corrected chi connectivity index (χ2v) is 5.90. The van der Waals surface area contributed by atoms with E-state index in [2.05, 4.69) is 0 Å². The van der Waals surface area contributed by atoms with Crippen LogP contribution < -0.4 is 0 Å². The van der Waals surface area contributed by atoms with E-state index in [4.69, 9.17) is 0 Å². The number of carbonyl (C=O) groups excluding carboxylic acids is 1. The van der Waals surface area contributed by atoms with Gasteiger partial charge < -0.3 is 5.11 Å². The van der Waals surface area contributed by atoms with Crippen LogP contribution in [0, 0.1) is 11.8 Å². The number of carbonyl (C=O) groups is 1. The van der Waals surface area contributed by atoms with Crippen LogP contribution >= 0.6 is 0 Å². The van der Waals surface area contributed by atoms with E-state index < -0.39 is 0 Å². The van der Waals surface area contributed by atoms with Gasteiger partial charge in [-0.15, -0.1) is 0 Å². The highest BCUT2D eigenvalue weighted by Gasteiger charge is 2.35. The van der Waals surface area contributed by atoms with E-state index in [1.165, 1.54) is 24.8 Å². The molecule has 96 valence electrons. The number of phenols is 1. The van der Waals surface area contributed by atoms with E-state index in [1.54, 1.807) is 12.1 Å². The van der Waals surface area contributed by atoms with Gasteiger partial charge in [-0.25, -0.2) is 0 Å². The predicted molar refractivity (Wildman–Crippen MR) is 70.5 cm³/mol. The van der Waals surface area contributed by atoms with E-state index in [0.29, 0.717) is 23.4 Å². The van der Waals surface area contributed by atoms with Crippen LogP contribution in [0.4, 0.5) is 0 Å². The lowest BCUT2D eigenvalue weighted by Crippen LogP contribution is -2.30. The van der Waals surface area contributed by atoms with Crippen LogP contribution in [-0.4, -0.2) is 10.9 Å². The fourth-order valence-electron chi connectivity index (χ4n) is 3.74. The summed E-state index contributed by atoms with van der Waals surface area (Å²) >= 11 is 0. The van der Waals surface area contributed by atoms with Crippen LogP contribution in [0.15, 0.2) is 24.3 Å². The number of Topliss-reactive ketones (excluding diaryl/α,β-unsaturated/α-hetero) is 1. The maximum Gasteiger partial charge on any atom is 0.133 e. The molecule has 1 aromatic carbocycles. The standard InChI is InChI=1S/C16H20O2/c17-15-6-3-11(4-7-15)12-1-2-14-10-16(18)8-5-13(14)9-12/h3-4,6-7,12-14,17H,1-2,5,8-10H2/t12?,13-,14+/m0/s1. The molecule has 3 rings (SSSR count). The number of rotatable bonds is 1. The van der Waals surface area contributed by atoms with Crippen molar-refractivity contribution in [1.29, 1.82) is 0 Å². The van der Waals surface area contributed by atoms with Gasteiger partial charge in [0, 0.05) is 12.8 Å². The van der Waals surface area contributed by atoms with Crippen LogP contribution in [0.3, 0.4) is 0 Å². The van der Waals surface area contributed by atoms with Gasteiger partial charge in [0.1, 0.15) is 11.5 Å². The molecule has 0 bridgehead atoms. The molecular formula is C16H20O2. The zero-order valence-corrected chi connectivity index (χ0v) is 10.6. The maximum atomic E-state index is 11.5. The second kappa shape index (κ2) is 4.75. The van der Waals surface area contributed by atoms with Crippen molar-refractivity contribution < 1.29 is 9.90 Å². The topological polar surface area (TPSA) is 37.3 Å². The molecule has 0 saturated heterocycles. The summed E-state index contributed by atoms with van der Waals surface area (Å²) in [4.78, 5) is 11.5. The number of fused-ring (bicyclic) bond motifs is 1. The number of aromatic hydroxyl groups is 1. The molecule has 0 radical (unpaired) electrons. The van der Waals surface area contributed by atoms with E-state index in [1.807, 2.05) is 12.1 Å². The summed E-state index contributed by atoms with van der Waals surface area (Å²) in [6.45, 7) is 0. The molecule has 2 nitrogen and oxygen atoms in total. The molecule has 0 spiro atoms. The third-order valence-corrected chi connectivity index (χ3v) is 4.79. The molecule has 3 atom stereocenters. The highest BCUT2D eigenvalue weighted by molar-refractivity contribution is 5.79. The Hall–Kier alpha value is -1.31. The summed E-state index contributed by atoms with van der Waals surface area (Å²) < 4.78 is 0. The van der Waals surface area contributed by atoms with Gasteiger partial charge in [0.25, 0.3) is 0 Å². The molecule has 0 heterocycles. The van der Waals surface area contributed by atoms with Crippen molar-refractivity contribution in [1.82, 2.24) is 0 Å². The Morgan fingerprint density at radius 3 is 2.56 bits per heavy atom. The lowest BCUT2D eigenvalue weighted by molar-refractivity contribution is -0.123. The molecular weight excluding hydrogens is 224 g/mol. The summed E-state index contributed by atoms with van der Waals surface area (Å²) in [7, 11) is 0. The molecule has 1 aromatic rings. The van der Waals surface area contributed by atoms with Crippen molar-refractivity contribution in [3.8, 4) is 5.75 Å². The zero-order chi connectivity index (χ0) is 12.5. The van der Waals surface area contributed by atoms with Crippen molar-refractivity contribution in [2.45, 2.75) is 44.4 Å². The van der Waals surface area contributed by atoms with Crippen LogP contribution in [0.25, 0.3) is 0 Å². The van der Waals surface area contributed by atoms with Gasteiger partial charge in [0.15, 0.2) is 0 Å². The summed E-state index contributed by atoms with van der Waals surface area (Å²) in [5.41, 5.74) is 1.35. The van der Waals surface area contributed by atoms with Gasteiger partial charge in [-0.3, -0.25) is 4.79 Å². The Bertz CT molecular complexity index is 435. The van der Waals surface area contributed by atoms with Gasteiger partial charge in [-0.2, -0.15) is 0 Å². The molecule has 0 aromatic heterocycles. The summed E-state index contributed by atoms with van der Waals surface area (Å²) in [6, 6.07) is 7.67. The first-order chi connectivity index (χ1) is 8.72. The Labute approximate surface area is 108 Å². The maximum absolute atomic E-state index is 11.5. The SMILES string of the molecule is O=C1CC[C@H]2CC(c3ccc(O)cc3)CC[C@@H]2C1. The first kappa shape index (κ1) is 11.8. The molecule has 0 aliphatic heterocycles. The zero-order valence-electron chi connectivity index (χ0n) is 10.6. The van der Waals surface area contributed by atoms with Crippen LogP contribution in [0.5, 0.6) is 5.75 Å². The molecule has 2 fully saturated rings. The minimum absolute atomic E-state index is 0.343. The number of ketones is 1. The fourth-order valence-corrected chi connectivity index (χ4v) is 3.74. The molecule has 2 aliphatic rings. The number of hydrogen-bond donors (Lipinski definition) is 1. The third kappa shape index (κ3) is 2.29. The quantitative estimate of drug-likeness (QED) is 0.818. The van der Waals surface area contributed by atoms with E-state index >= 15 is 0 Å². The minimum Gasteiger partial charge on any atom is -0.508 e. The van der Waals surface area contributed by atoms with Crippen LogP contribution in [0.2, 0.25) is 0 Å². The Balaban J connectivity index is 1.70. The summed E-state index contributed by atoms with van der Waals surface area (Å²) in [5.74, 6) is 2.84. The lowest BCUT2D eigenvalue weighted by atomic mass is 9.66. The predicted octanol–water partition coefficient (Wildman–Crippen LogP) is 3.65. The lowest BCUT2D eigenvalue weighted by Gasteiger charge is -2.39. The van der Waals surface area contributed by atoms with Gasteiger partial charge in [-0.05, 0) is 61.1 Å². The van der Waals surface area contributed by atoms with Crippen molar-refractivity contribution >= 4 is 5.78 Å². The molecule has 2 heteroatoms. The number of benzene rings is 1. The van der Waals surface area contributed by atoms with E-state index in [0.717, 1.165) is 25.2 Å². The molecule has 18 heavy (non-hydrogen) atoms. The average Bonchev–Trinajstić information content (AvgIpc) is 2.39. The van der Waals surface area contributed by atoms with Gasteiger partial charge >= 0.3 is 0 Å². The monoisotopic (exact) mass is 244 g/mol. The molecule has 2 aliphatic carbocycles. The highest BCUT2D eigenvalue weighted by atomic mass is 16.3. The Morgan fingerprint density at radius 1 is 1.00 bits per heavy atom. The average molecular weight is 244 g/mol. The molecule has 2 saturated carbocycles. The fraction of sp³-hybridized carbons (Fsp3) is 0.562. The van der Waals surface area contributed by atoms with Crippen LogP contribution in [-0.2, 0) is 4.79 Å². The van der Waals surface area contributed by atoms with Crippen molar-refractivity contribution in [3.05, 3.63) is 29.8 Å². The van der Waals surface area contributed by atoms with Gasteiger partial charge in [0.2, 0.25) is 0 Å². The largest absolute Gasteiger partial charge is 0.508 e. The normalized spacial score (nSPS) is 32.0. The molecule has 1 N–H and O–H groups in total. The Kier molecular flexibility index (Phi) is 3.11. The summed E-state index contributed by atoms with van der Waals surface area (Å²) in [6.07, 6.45) is 6.33. The van der Waals surface area contributed by atoms with Crippen LogP contribution in [0.1, 0.15) is 50.0 Å². The number of phenolic OH excluding ortho intramolecular Hbond substituents is 1. The number of hydrogen-bond acceptors (Lipinski definition) is 2. The first-order valence-electron chi connectivity index (χ1n) is 7.03.